The Kier molecular flexibility index (Phi) is 3.73. The number of hydrogen-bond acceptors (Lipinski definition) is 5. The summed E-state index contributed by atoms with van der Waals surface area (Å²) in [5.41, 5.74) is 9.20. The number of thioether (sulfide) groups is 1. The lowest BCUT2D eigenvalue weighted by atomic mass is 10.1. The van der Waals surface area contributed by atoms with Crippen molar-refractivity contribution in [1.82, 2.24) is 5.32 Å². The summed E-state index contributed by atoms with van der Waals surface area (Å²) in [5, 5.41) is 1.96. The highest BCUT2D eigenvalue weighted by Gasteiger charge is 2.27. The van der Waals surface area contributed by atoms with E-state index in [0.717, 1.165) is 48.1 Å². The molecule has 2 aliphatic heterocycles. The molecule has 1 aromatic carbocycles. The third-order valence-corrected chi connectivity index (χ3v) is 4.55. The summed E-state index contributed by atoms with van der Waals surface area (Å²) in [6.45, 7) is 3.79. The van der Waals surface area contributed by atoms with E-state index in [9.17, 15) is 9.59 Å². The van der Waals surface area contributed by atoms with Crippen LogP contribution in [0.5, 0.6) is 0 Å². The van der Waals surface area contributed by atoms with Gasteiger partial charge in [0.25, 0.3) is 11.1 Å². The van der Waals surface area contributed by atoms with Crippen LogP contribution in [0.3, 0.4) is 0 Å². The summed E-state index contributed by atoms with van der Waals surface area (Å²) in [6.07, 6.45) is 2.76. The van der Waals surface area contributed by atoms with Crippen LogP contribution in [0.2, 0.25) is 0 Å². The number of rotatable bonds is 2. The number of para-hydroxylation sites is 1. The monoisotopic (exact) mass is 303 g/mol. The van der Waals surface area contributed by atoms with Gasteiger partial charge < -0.3 is 10.6 Å². The topological polar surface area (TPSA) is 75.4 Å². The highest BCUT2D eigenvalue weighted by molar-refractivity contribution is 8.18. The molecular weight excluding hydrogens is 286 g/mol. The van der Waals surface area contributed by atoms with E-state index in [1.54, 1.807) is 6.08 Å². The first kappa shape index (κ1) is 14.2. The summed E-state index contributed by atoms with van der Waals surface area (Å²) < 4.78 is 0. The summed E-state index contributed by atoms with van der Waals surface area (Å²) in [6, 6.07) is 6.17. The molecule has 0 unspecified atom stereocenters. The number of hydrogen-bond donors (Lipinski definition) is 2. The maximum absolute atomic E-state index is 11.7. The van der Waals surface area contributed by atoms with Crippen LogP contribution in [0.25, 0.3) is 6.08 Å². The predicted molar refractivity (Wildman–Crippen MR) is 85.1 cm³/mol. The van der Waals surface area contributed by atoms with Crippen LogP contribution in [0.1, 0.15) is 17.5 Å². The molecule has 1 atom stereocenters. The molecule has 1 aromatic rings. The first-order valence-electron chi connectivity index (χ1n) is 6.89. The Morgan fingerprint density at radius 1 is 1.43 bits per heavy atom. The number of amides is 2. The fraction of sp³-hybridized carbons (Fsp3) is 0.333. The molecule has 2 aliphatic rings. The first-order valence-corrected chi connectivity index (χ1v) is 7.71. The molecule has 2 fully saturated rings. The van der Waals surface area contributed by atoms with Gasteiger partial charge in [0.15, 0.2) is 0 Å². The van der Waals surface area contributed by atoms with Crippen molar-refractivity contribution >= 4 is 34.7 Å². The Labute approximate surface area is 127 Å². The minimum atomic E-state index is -0.324. The van der Waals surface area contributed by atoms with Crippen LogP contribution in [0, 0.1) is 6.92 Å². The molecule has 2 saturated heterocycles. The van der Waals surface area contributed by atoms with E-state index in [1.165, 1.54) is 0 Å². The molecule has 0 bridgehead atoms. The Morgan fingerprint density at radius 2 is 2.24 bits per heavy atom. The van der Waals surface area contributed by atoms with Crippen LogP contribution >= 0.6 is 11.8 Å². The lowest BCUT2D eigenvalue weighted by molar-refractivity contribution is -0.115. The van der Waals surface area contributed by atoms with E-state index in [-0.39, 0.29) is 17.2 Å². The molecule has 0 radical (unpaired) electrons. The van der Waals surface area contributed by atoms with E-state index in [1.807, 2.05) is 25.1 Å². The van der Waals surface area contributed by atoms with Crippen LogP contribution < -0.4 is 16.0 Å². The second-order valence-electron chi connectivity index (χ2n) is 5.36. The molecule has 2 heterocycles. The second kappa shape index (κ2) is 5.54. The summed E-state index contributed by atoms with van der Waals surface area (Å²) in [4.78, 5) is 25.7. The van der Waals surface area contributed by atoms with E-state index >= 15 is 0 Å². The fourth-order valence-corrected chi connectivity index (χ4v) is 3.46. The maximum Gasteiger partial charge on any atom is 0.290 e. The van der Waals surface area contributed by atoms with Gasteiger partial charge in [-0.05, 0) is 42.3 Å². The largest absolute Gasteiger partial charge is 0.369 e. The van der Waals surface area contributed by atoms with Gasteiger partial charge in [0.05, 0.1) is 4.91 Å². The average molecular weight is 303 g/mol. The van der Waals surface area contributed by atoms with E-state index in [4.69, 9.17) is 5.73 Å². The number of benzene rings is 1. The van der Waals surface area contributed by atoms with Crippen molar-refractivity contribution in [3.8, 4) is 0 Å². The Balaban J connectivity index is 1.99. The van der Waals surface area contributed by atoms with Crippen molar-refractivity contribution in [2.45, 2.75) is 19.4 Å². The third-order valence-electron chi connectivity index (χ3n) is 3.74. The average Bonchev–Trinajstić information content (AvgIpc) is 2.96. The Bertz CT molecular complexity index is 642. The summed E-state index contributed by atoms with van der Waals surface area (Å²) >= 11 is 0.944. The molecule has 6 heteroatoms. The van der Waals surface area contributed by atoms with Crippen LogP contribution in [-0.4, -0.2) is 30.3 Å². The molecule has 3 N–H and O–H groups in total. The molecule has 110 valence electrons. The maximum atomic E-state index is 11.7. The van der Waals surface area contributed by atoms with E-state index in [0.29, 0.717) is 4.91 Å². The van der Waals surface area contributed by atoms with Gasteiger partial charge in [-0.2, -0.15) is 0 Å². The number of nitrogens with one attached hydrogen (secondary N) is 1. The predicted octanol–water partition coefficient (Wildman–Crippen LogP) is 1.86. The van der Waals surface area contributed by atoms with Gasteiger partial charge in [-0.3, -0.25) is 14.9 Å². The number of aryl methyl sites for hydroxylation is 1. The van der Waals surface area contributed by atoms with E-state index in [2.05, 4.69) is 10.2 Å². The third kappa shape index (κ3) is 2.82. The Morgan fingerprint density at radius 3 is 2.86 bits per heavy atom. The number of carbonyl (C=O) groups is 2. The quantitative estimate of drug-likeness (QED) is 0.816. The van der Waals surface area contributed by atoms with Crippen molar-refractivity contribution in [2.24, 2.45) is 5.73 Å². The summed E-state index contributed by atoms with van der Waals surface area (Å²) in [7, 11) is 0. The lowest BCUT2D eigenvalue weighted by Crippen LogP contribution is -2.27. The summed E-state index contributed by atoms with van der Waals surface area (Å²) in [5.74, 6) is -0.324. The SMILES string of the molecule is Cc1cccc(/C=C2\SC(=O)NC2=O)c1N1CC[C@@H](N)C1. The number of nitrogens with zero attached hydrogens (tertiary/aromatic N) is 1. The molecular formula is C15H17N3O2S. The van der Waals surface area contributed by atoms with Gasteiger partial charge in [-0.15, -0.1) is 0 Å². The van der Waals surface area contributed by atoms with Crippen molar-refractivity contribution in [3.63, 3.8) is 0 Å². The van der Waals surface area contributed by atoms with E-state index < -0.39 is 0 Å². The van der Waals surface area contributed by atoms with Crippen molar-refractivity contribution in [3.05, 3.63) is 34.2 Å². The molecule has 21 heavy (non-hydrogen) atoms. The Hall–Kier alpha value is -1.79. The van der Waals surface area contributed by atoms with Gasteiger partial charge in [-0.1, -0.05) is 18.2 Å². The smallest absolute Gasteiger partial charge is 0.290 e. The molecule has 2 amide bonds. The zero-order chi connectivity index (χ0) is 15.0. The van der Waals surface area contributed by atoms with Gasteiger partial charge in [0.1, 0.15) is 0 Å². The first-order chi connectivity index (χ1) is 10.0. The highest BCUT2D eigenvalue weighted by atomic mass is 32.2. The van der Waals surface area contributed by atoms with Crippen LogP contribution in [-0.2, 0) is 4.79 Å². The number of anilines is 1. The molecule has 0 aliphatic carbocycles. The number of imide groups is 1. The van der Waals surface area contributed by atoms with Gasteiger partial charge >= 0.3 is 0 Å². The minimum absolute atomic E-state index is 0.191. The standard InChI is InChI=1S/C15H17N3O2S/c1-9-3-2-4-10(7-12-14(19)17-15(20)21-12)13(9)18-6-5-11(16)8-18/h2-4,7,11H,5-6,8,16H2,1H3,(H,17,19,20)/b12-7-/t11-/m1/s1. The van der Waals surface area contributed by atoms with Gasteiger partial charge in [0, 0.05) is 24.8 Å². The zero-order valence-corrected chi connectivity index (χ0v) is 12.6. The lowest BCUT2D eigenvalue weighted by Gasteiger charge is -2.23. The normalized spacial score (nSPS) is 24.0. The highest BCUT2D eigenvalue weighted by Crippen LogP contribution is 2.33. The van der Waals surface area contributed by atoms with Crippen LogP contribution in [0.15, 0.2) is 23.1 Å². The fourth-order valence-electron chi connectivity index (χ4n) is 2.78. The zero-order valence-electron chi connectivity index (χ0n) is 11.8. The second-order valence-corrected chi connectivity index (χ2v) is 6.37. The van der Waals surface area contributed by atoms with Gasteiger partial charge in [-0.25, -0.2) is 0 Å². The van der Waals surface area contributed by atoms with Gasteiger partial charge in [0.2, 0.25) is 0 Å². The molecule has 3 rings (SSSR count). The van der Waals surface area contributed by atoms with Crippen molar-refractivity contribution < 1.29 is 9.59 Å². The molecule has 0 aromatic heterocycles. The number of nitrogens with two attached hydrogens (primary N) is 1. The molecule has 0 spiro atoms. The number of carbonyl (C=O) groups excluding carboxylic acids is 2. The minimum Gasteiger partial charge on any atom is -0.369 e. The van der Waals surface area contributed by atoms with Crippen molar-refractivity contribution in [2.75, 3.05) is 18.0 Å². The molecule has 0 saturated carbocycles. The molecule has 5 nitrogen and oxygen atoms in total. The van der Waals surface area contributed by atoms with Crippen molar-refractivity contribution in [1.29, 1.82) is 0 Å². The van der Waals surface area contributed by atoms with Crippen LogP contribution in [0.4, 0.5) is 10.5 Å².